The van der Waals surface area contributed by atoms with Crippen LogP contribution in [0.5, 0.6) is 5.75 Å². The summed E-state index contributed by atoms with van der Waals surface area (Å²) in [6.07, 6.45) is 8.23. The van der Waals surface area contributed by atoms with Crippen molar-refractivity contribution >= 4 is 34.5 Å². The standard InChI is InChI=1S/C45H56N4O8/c1-8-19-48-20-12-14-29(27-48)26-44(40(51)55-6,36-23-30-15-10-11-16-33(30)46-36)32-24-31-34(25-35(32)54-5)47(4)38-43(31)18-22-49-21-13-17-42(9-2,37(43)49)39(57-28(3)50)45(38,53)41(52)56-7/h8,10-11,13,15-17,23-25,29,37-39,46,53H,1,9,12,14,18-22,26-27H2,2-7H3/t29-,37-,38+,39+,42+,43+,44+,45-/m0/s1. The fourth-order valence-electron chi connectivity index (χ4n) is 12.3. The van der Waals surface area contributed by atoms with E-state index >= 15 is 4.79 Å². The van der Waals surface area contributed by atoms with E-state index in [1.165, 1.54) is 21.1 Å². The second-order valence-electron chi connectivity index (χ2n) is 16.9. The number of piperidine rings is 1. The second-order valence-corrected chi connectivity index (χ2v) is 16.9. The summed E-state index contributed by atoms with van der Waals surface area (Å²) in [6, 6.07) is 12.9. The Morgan fingerprint density at radius 3 is 2.56 bits per heavy atom. The number of benzene rings is 2. The number of methoxy groups -OCH3 is 3. The van der Waals surface area contributed by atoms with Crippen LogP contribution in [0.4, 0.5) is 5.69 Å². The largest absolute Gasteiger partial charge is 0.496 e. The van der Waals surface area contributed by atoms with E-state index in [9.17, 15) is 14.7 Å². The number of hydrogen-bond donors (Lipinski definition) is 2. The molecule has 2 saturated heterocycles. The molecular weight excluding hydrogens is 725 g/mol. The average molecular weight is 781 g/mol. The van der Waals surface area contributed by atoms with Crippen LogP contribution >= 0.6 is 0 Å². The molecule has 57 heavy (non-hydrogen) atoms. The maximum absolute atomic E-state index is 15.1. The van der Waals surface area contributed by atoms with Crippen molar-refractivity contribution in [1.29, 1.82) is 0 Å². The molecule has 12 nitrogen and oxygen atoms in total. The van der Waals surface area contributed by atoms with E-state index in [-0.39, 0.29) is 12.0 Å². The summed E-state index contributed by atoms with van der Waals surface area (Å²) in [5, 5.41) is 14.2. The maximum atomic E-state index is 15.1. The zero-order chi connectivity index (χ0) is 40.5. The maximum Gasteiger partial charge on any atom is 0.344 e. The summed E-state index contributed by atoms with van der Waals surface area (Å²) in [5.74, 6) is -1.26. The molecule has 0 unspecified atom stereocenters. The van der Waals surface area contributed by atoms with Crippen molar-refractivity contribution in [3.8, 4) is 5.75 Å². The van der Waals surface area contributed by atoms with Gasteiger partial charge in [-0.15, -0.1) is 6.58 Å². The highest BCUT2D eigenvalue weighted by atomic mass is 16.6. The number of likely N-dealkylation sites (tertiary alicyclic amines) is 1. The SMILES string of the molecule is C=CCN1CCC[C@@H](C[C@](C(=O)OC)(c2cc3ccccc3[nH]2)c2cc3c(cc2OC)N(C)[C@H]2[C@@](O)(C(=O)OC)[C@H](OC(C)=O)[C@]4(CC)C=CCN5CC[C@]32[C@@H]54)C1. The lowest BCUT2D eigenvalue weighted by molar-refractivity contribution is -0.228. The number of aromatic nitrogens is 1. The molecule has 3 fully saturated rings. The van der Waals surface area contributed by atoms with Crippen LogP contribution in [0.25, 0.3) is 10.9 Å². The summed E-state index contributed by atoms with van der Waals surface area (Å²) >= 11 is 0. The lowest BCUT2D eigenvalue weighted by atomic mass is 9.47. The van der Waals surface area contributed by atoms with Crippen molar-refractivity contribution in [2.75, 3.05) is 66.0 Å². The molecule has 1 saturated carbocycles. The van der Waals surface area contributed by atoms with Gasteiger partial charge in [0, 0.05) is 79.0 Å². The van der Waals surface area contributed by atoms with Gasteiger partial charge in [0.25, 0.3) is 0 Å². The van der Waals surface area contributed by atoms with Gasteiger partial charge in [-0.2, -0.15) is 0 Å². The molecule has 4 aliphatic heterocycles. The Labute approximate surface area is 334 Å². The number of fused-ring (bicyclic) bond motifs is 2. The van der Waals surface area contributed by atoms with Gasteiger partial charge in [-0.25, -0.2) is 4.79 Å². The number of hydrogen-bond acceptors (Lipinski definition) is 11. The van der Waals surface area contributed by atoms with Crippen molar-refractivity contribution in [2.24, 2.45) is 11.3 Å². The van der Waals surface area contributed by atoms with Gasteiger partial charge in [0.05, 0.1) is 27.4 Å². The van der Waals surface area contributed by atoms with Gasteiger partial charge < -0.3 is 33.9 Å². The third-order valence-corrected chi connectivity index (χ3v) is 14.3. The Bertz CT molecular complexity index is 2100. The second kappa shape index (κ2) is 14.3. The van der Waals surface area contributed by atoms with Crippen LogP contribution < -0.4 is 9.64 Å². The highest BCUT2D eigenvalue weighted by Crippen LogP contribution is 2.68. The summed E-state index contributed by atoms with van der Waals surface area (Å²) in [5.41, 5.74) is -1.54. The third kappa shape index (κ3) is 5.39. The van der Waals surface area contributed by atoms with E-state index in [1.807, 2.05) is 55.3 Å². The van der Waals surface area contributed by atoms with Gasteiger partial charge in [-0.1, -0.05) is 43.4 Å². The lowest BCUT2D eigenvalue weighted by Crippen LogP contribution is -2.81. The van der Waals surface area contributed by atoms with Crippen LogP contribution in [0.2, 0.25) is 0 Å². The Morgan fingerprint density at radius 2 is 1.88 bits per heavy atom. The van der Waals surface area contributed by atoms with E-state index in [1.54, 1.807) is 7.11 Å². The Morgan fingerprint density at radius 1 is 1.09 bits per heavy atom. The zero-order valence-corrected chi connectivity index (χ0v) is 34.0. The molecule has 2 aromatic carbocycles. The molecule has 0 amide bonds. The minimum absolute atomic E-state index is 0.123. The van der Waals surface area contributed by atoms with E-state index < -0.39 is 51.9 Å². The van der Waals surface area contributed by atoms with E-state index in [2.05, 4.69) is 45.6 Å². The number of nitrogens with one attached hydrogen (secondary N) is 1. The minimum Gasteiger partial charge on any atom is -0.496 e. The number of rotatable bonds is 11. The molecule has 0 radical (unpaired) electrons. The average Bonchev–Trinajstić information content (AvgIpc) is 3.90. The molecule has 12 heteroatoms. The number of likely N-dealkylation sites (N-methyl/N-ethyl adjacent to an activating group) is 1. The molecule has 8 rings (SSSR count). The van der Waals surface area contributed by atoms with E-state index in [4.69, 9.17) is 18.9 Å². The number of carbonyl (C=O) groups excluding carboxylic acids is 3. The smallest absolute Gasteiger partial charge is 0.344 e. The van der Waals surface area contributed by atoms with Crippen LogP contribution in [-0.2, 0) is 39.4 Å². The fourth-order valence-corrected chi connectivity index (χ4v) is 12.3. The number of aromatic amines is 1. The number of esters is 3. The van der Waals surface area contributed by atoms with Crippen molar-refractivity contribution in [2.45, 2.75) is 80.6 Å². The molecule has 8 atom stereocenters. The van der Waals surface area contributed by atoms with Crippen molar-refractivity contribution in [1.82, 2.24) is 14.8 Å². The fraction of sp³-hybridized carbons (Fsp3) is 0.533. The molecule has 2 N–H and O–H groups in total. The van der Waals surface area contributed by atoms with Gasteiger partial charge in [0.1, 0.15) is 11.2 Å². The lowest BCUT2D eigenvalue weighted by Gasteiger charge is -2.63. The van der Waals surface area contributed by atoms with Crippen LogP contribution in [-0.4, -0.2) is 123 Å². The highest BCUT2D eigenvalue weighted by molar-refractivity contribution is 5.93. The molecule has 1 aliphatic carbocycles. The summed E-state index contributed by atoms with van der Waals surface area (Å²) in [4.78, 5) is 52.7. The summed E-state index contributed by atoms with van der Waals surface area (Å²) in [6.45, 7) is 11.2. The molecular formula is C45H56N4O8. The van der Waals surface area contributed by atoms with Crippen LogP contribution in [0.3, 0.4) is 0 Å². The van der Waals surface area contributed by atoms with Crippen LogP contribution in [0.1, 0.15) is 62.8 Å². The first-order valence-corrected chi connectivity index (χ1v) is 20.3. The molecule has 3 aromatic rings. The Balaban J connectivity index is 1.43. The first-order chi connectivity index (χ1) is 27.4. The van der Waals surface area contributed by atoms with Gasteiger partial charge in [-0.3, -0.25) is 19.4 Å². The highest BCUT2D eigenvalue weighted by Gasteiger charge is 2.80. The monoisotopic (exact) mass is 780 g/mol. The summed E-state index contributed by atoms with van der Waals surface area (Å²) in [7, 11) is 6.18. The Kier molecular flexibility index (Phi) is 9.84. The number of para-hydroxylation sites is 1. The van der Waals surface area contributed by atoms with Crippen LogP contribution in [0, 0.1) is 11.3 Å². The number of carbonyl (C=O) groups is 3. The van der Waals surface area contributed by atoms with Crippen molar-refractivity contribution < 1.29 is 38.4 Å². The molecule has 1 aromatic heterocycles. The van der Waals surface area contributed by atoms with Crippen LogP contribution in [0.15, 0.2) is 67.3 Å². The third-order valence-electron chi connectivity index (χ3n) is 14.3. The topological polar surface area (TPSA) is 134 Å². The van der Waals surface area contributed by atoms with Gasteiger partial charge in [0.15, 0.2) is 6.10 Å². The molecule has 304 valence electrons. The number of aliphatic hydroxyl groups is 1. The molecule has 1 spiro atoms. The number of nitrogens with zero attached hydrogens (tertiary/aromatic N) is 3. The summed E-state index contributed by atoms with van der Waals surface area (Å²) < 4.78 is 23.8. The van der Waals surface area contributed by atoms with Gasteiger partial charge in [-0.05, 0) is 80.3 Å². The molecule has 5 aliphatic rings. The number of anilines is 1. The zero-order valence-electron chi connectivity index (χ0n) is 34.0. The van der Waals surface area contributed by atoms with Gasteiger partial charge >= 0.3 is 17.9 Å². The van der Waals surface area contributed by atoms with E-state index in [0.717, 1.165) is 54.6 Å². The van der Waals surface area contributed by atoms with Gasteiger partial charge in [0.2, 0.25) is 5.60 Å². The molecule has 0 bridgehead atoms. The minimum atomic E-state index is -2.28. The predicted octanol–water partition coefficient (Wildman–Crippen LogP) is 4.87. The number of ether oxygens (including phenoxy) is 4. The number of H-pyrrole nitrogens is 1. The molecule has 5 heterocycles. The van der Waals surface area contributed by atoms with Crippen molar-refractivity contribution in [3.63, 3.8) is 0 Å². The predicted molar refractivity (Wildman–Crippen MR) is 216 cm³/mol. The van der Waals surface area contributed by atoms with E-state index in [0.29, 0.717) is 49.4 Å². The Hall–Kier alpha value is -4.65. The first kappa shape index (κ1) is 39.2. The normalized spacial score (nSPS) is 31.5. The first-order valence-electron chi connectivity index (χ1n) is 20.3. The van der Waals surface area contributed by atoms with Crippen molar-refractivity contribution in [3.05, 3.63) is 84.1 Å². The quantitative estimate of drug-likeness (QED) is 0.157.